The van der Waals surface area contributed by atoms with Gasteiger partial charge in [0.1, 0.15) is 0 Å². The van der Waals surface area contributed by atoms with Crippen molar-refractivity contribution in [2.24, 2.45) is 0 Å². The van der Waals surface area contributed by atoms with Crippen molar-refractivity contribution in [3.8, 4) is 0 Å². The minimum atomic E-state index is 0.713. The topological polar surface area (TPSA) is 40.7 Å². The van der Waals surface area contributed by atoms with Gasteiger partial charge < -0.3 is 5.32 Å². The first kappa shape index (κ1) is 10.1. The molecule has 14 heavy (non-hydrogen) atoms. The lowest BCUT2D eigenvalue weighted by molar-refractivity contribution is 0.481. The number of rotatable bonds is 3. The van der Waals surface area contributed by atoms with Crippen LogP contribution in [0.4, 0.5) is 0 Å². The summed E-state index contributed by atoms with van der Waals surface area (Å²) in [5, 5.41) is 10.6. The Morgan fingerprint density at radius 1 is 1.57 bits per heavy atom. The van der Waals surface area contributed by atoms with Crippen LogP contribution in [0.1, 0.15) is 24.1 Å². The second-order valence-electron chi connectivity index (χ2n) is 3.79. The normalized spacial score (nSPS) is 18.6. The van der Waals surface area contributed by atoms with E-state index in [-0.39, 0.29) is 0 Å². The molecule has 0 aliphatic carbocycles. The van der Waals surface area contributed by atoms with Crippen molar-refractivity contribution >= 4 is 11.8 Å². The maximum Gasteiger partial charge on any atom is 0.0535 e. The standard InChI is InChI=1S/C10H17N3S/c1-8-9(7-12-13-8)6-11-10-2-4-14-5-3-10/h7,10-11H,2-6H2,1H3,(H,12,13). The molecular formula is C10H17N3S. The third kappa shape index (κ3) is 2.51. The van der Waals surface area contributed by atoms with Gasteiger partial charge in [0, 0.05) is 23.8 Å². The van der Waals surface area contributed by atoms with Crippen LogP contribution in [0.2, 0.25) is 0 Å². The van der Waals surface area contributed by atoms with Crippen molar-refractivity contribution in [1.29, 1.82) is 0 Å². The van der Waals surface area contributed by atoms with Crippen LogP contribution < -0.4 is 5.32 Å². The molecular weight excluding hydrogens is 194 g/mol. The average molecular weight is 211 g/mol. The van der Waals surface area contributed by atoms with E-state index in [1.807, 2.05) is 6.20 Å². The highest BCUT2D eigenvalue weighted by atomic mass is 32.2. The molecule has 3 nitrogen and oxygen atoms in total. The summed E-state index contributed by atoms with van der Waals surface area (Å²) in [6.45, 7) is 3.03. The van der Waals surface area contributed by atoms with Crippen LogP contribution in [0.15, 0.2) is 6.20 Å². The largest absolute Gasteiger partial charge is 0.310 e. The van der Waals surface area contributed by atoms with E-state index in [1.54, 1.807) is 0 Å². The summed E-state index contributed by atoms with van der Waals surface area (Å²) in [6.07, 6.45) is 4.53. The van der Waals surface area contributed by atoms with Crippen molar-refractivity contribution in [1.82, 2.24) is 15.5 Å². The summed E-state index contributed by atoms with van der Waals surface area (Å²) in [5.41, 5.74) is 2.48. The second kappa shape index (κ2) is 4.84. The Bertz CT molecular complexity index is 279. The number of hydrogen-bond acceptors (Lipinski definition) is 3. The molecule has 0 atom stereocenters. The second-order valence-corrected chi connectivity index (χ2v) is 5.01. The molecule has 0 amide bonds. The van der Waals surface area contributed by atoms with Gasteiger partial charge in [0.15, 0.2) is 0 Å². The lowest BCUT2D eigenvalue weighted by Crippen LogP contribution is -2.32. The SMILES string of the molecule is Cc1[nH]ncc1CNC1CCSCC1. The zero-order valence-electron chi connectivity index (χ0n) is 8.55. The van der Waals surface area contributed by atoms with E-state index in [0.29, 0.717) is 6.04 Å². The average Bonchev–Trinajstić information content (AvgIpc) is 2.63. The molecule has 1 aromatic rings. The van der Waals surface area contributed by atoms with Crippen LogP contribution in [0.25, 0.3) is 0 Å². The molecule has 1 aliphatic heterocycles. The maximum atomic E-state index is 4.02. The number of nitrogens with one attached hydrogen (secondary N) is 2. The first-order chi connectivity index (χ1) is 6.86. The fraction of sp³-hybridized carbons (Fsp3) is 0.700. The molecule has 1 aliphatic rings. The summed E-state index contributed by atoms with van der Waals surface area (Å²) >= 11 is 2.07. The highest BCUT2D eigenvalue weighted by Crippen LogP contribution is 2.17. The van der Waals surface area contributed by atoms with Gasteiger partial charge in [0.2, 0.25) is 0 Å². The Morgan fingerprint density at radius 2 is 2.36 bits per heavy atom. The van der Waals surface area contributed by atoms with Gasteiger partial charge in [-0.15, -0.1) is 0 Å². The summed E-state index contributed by atoms with van der Waals surface area (Å²) in [5.74, 6) is 2.62. The van der Waals surface area contributed by atoms with Crippen molar-refractivity contribution in [3.05, 3.63) is 17.5 Å². The number of aryl methyl sites for hydroxylation is 1. The van der Waals surface area contributed by atoms with Gasteiger partial charge in [0.05, 0.1) is 6.20 Å². The smallest absolute Gasteiger partial charge is 0.0535 e. The molecule has 0 spiro atoms. The van der Waals surface area contributed by atoms with E-state index in [1.165, 1.54) is 35.6 Å². The Hall–Kier alpha value is -0.480. The molecule has 1 saturated heterocycles. The number of nitrogens with zero attached hydrogens (tertiary/aromatic N) is 1. The Kier molecular flexibility index (Phi) is 3.48. The molecule has 1 fully saturated rings. The molecule has 4 heteroatoms. The van der Waals surface area contributed by atoms with Crippen LogP contribution >= 0.6 is 11.8 Å². The fourth-order valence-electron chi connectivity index (χ4n) is 1.71. The zero-order valence-corrected chi connectivity index (χ0v) is 9.36. The number of hydrogen-bond donors (Lipinski definition) is 2. The van der Waals surface area contributed by atoms with Crippen LogP contribution in [-0.4, -0.2) is 27.7 Å². The summed E-state index contributed by atoms with van der Waals surface area (Å²) in [4.78, 5) is 0. The monoisotopic (exact) mass is 211 g/mol. The fourth-order valence-corrected chi connectivity index (χ4v) is 2.82. The summed E-state index contributed by atoms with van der Waals surface area (Å²) < 4.78 is 0. The van der Waals surface area contributed by atoms with Crippen molar-refractivity contribution in [3.63, 3.8) is 0 Å². The summed E-state index contributed by atoms with van der Waals surface area (Å²) in [6, 6.07) is 0.713. The quantitative estimate of drug-likeness (QED) is 0.799. The van der Waals surface area contributed by atoms with Gasteiger partial charge >= 0.3 is 0 Å². The molecule has 0 aromatic carbocycles. The van der Waals surface area contributed by atoms with E-state index in [4.69, 9.17) is 0 Å². The van der Waals surface area contributed by atoms with Gasteiger partial charge in [-0.3, -0.25) is 5.10 Å². The molecule has 0 radical (unpaired) electrons. The number of thioether (sulfide) groups is 1. The van der Waals surface area contributed by atoms with E-state index in [0.717, 1.165) is 6.54 Å². The van der Waals surface area contributed by atoms with Crippen LogP contribution in [0, 0.1) is 6.92 Å². The first-order valence-electron chi connectivity index (χ1n) is 5.16. The molecule has 2 N–H and O–H groups in total. The van der Waals surface area contributed by atoms with Gasteiger partial charge in [-0.2, -0.15) is 16.9 Å². The summed E-state index contributed by atoms with van der Waals surface area (Å²) in [7, 11) is 0. The van der Waals surface area contributed by atoms with Gasteiger partial charge in [-0.05, 0) is 31.3 Å². The first-order valence-corrected chi connectivity index (χ1v) is 6.31. The minimum absolute atomic E-state index is 0.713. The van der Waals surface area contributed by atoms with Crippen molar-refractivity contribution in [2.75, 3.05) is 11.5 Å². The van der Waals surface area contributed by atoms with Gasteiger partial charge in [0.25, 0.3) is 0 Å². The Balaban J connectivity index is 1.79. The van der Waals surface area contributed by atoms with Gasteiger partial charge in [-0.1, -0.05) is 0 Å². The predicted molar refractivity (Wildman–Crippen MR) is 60.5 cm³/mol. The molecule has 78 valence electrons. The van der Waals surface area contributed by atoms with Crippen molar-refractivity contribution < 1.29 is 0 Å². The lowest BCUT2D eigenvalue weighted by Gasteiger charge is -2.22. The van der Waals surface area contributed by atoms with E-state index >= 15 is 0 Å². The Morgan fingerprint density at radius 3 is 3.00 bits per heavy atom. The van der Waals surface area contributed by atoms with E-state index < -0.39 is 0 Å². The molecule has 2 heterocycles. The van der Waals surface area contributed by atoms with E-state index in [9.17, 15) is 0 Å². The van der Waals surface area contributed by atoms with Gasteiger partial charge in [-0.25, -0.2) is 0 Å². The Labute approximate surface area is 89.1 Å². The molecule has 1 aromatic heterocycles. The van der Waals surface area contributed by atoms with Crippen molar-refractivity contribution in [2.45, 2.75) is 32.4 Å². The van der Waals surface area contributed by atoms with Crippen LogP contribution in [0.5, 0.6) is 0 Å². The third-order valence-corrected chi connectivity index (χ3v) is 3.79. The lowest BCUT2D eigenvalue weighted by atomic mass is 10.1. The third-order valence-electron chi connectivity index (χ3n) is 2.74. The number of aromatic amines is 1. The number of H-pyrrole nitrogens is 1. The minimum Gasteiger partial charge on any atom is -0.310 e. The predicted octanol–water partition coefficient (Wildman–Crippen LogP) is 1.70. The van der Waals surface area contributed by atoms with Crippen LogP contribution in [-0.2, 0) is 6.54 Å². The molecule has 2 rings (SSSR count). The number of aromatic nitrogens is 2. The molecule has 0 saturated carbocycles. The highest BCUT2D eigenvalue weighted by Gasteiger charge is 2.13. The highest BCUT2D eigenvalue weighted by molar-refractivity contribution is 7.99. The maximum absolute atomic E-state index is 4.02. The molecule has 0 bridgehead atoms. The van der Waals surface area contributed by atoms with Crippen LogP contribution in [0.3, 0.4) is 0 Å². The zero-order chi connectivity index (χ0) is 9.80. The molecule has 0 unspecified atom stereocenters. The van der Waals surface area contributed by atoms with E-state index in [2.05, 4.69) is 34.2 Å².